The van der Waals surface area contributed by atoms with E-state index >= 15 is 0 Å². The number of benzene rings is 2. The third-order valence-electron chi connectivity index (χ3n) is 3.78. The first kappa shape index (κ1) is 20.0. The highest BCUT2D eigenvalue weighted by Gasteiger charge is 2.18. The second-order valence-corrected chi connectivity index (χ2v) is 5.85. The summed E-state index contributed by atoms with van der Waals surface area (Å²) < 4.78 is 10.9. The topological polar surface area (TPSA) is 90.6 Å². The summed E-state index contributed by atoms with van der Waals surface area (Å²) in [6, 6.07) is 13.4. The average Bonchev–Trinajstić information content (AvgIpc) is 2.69. The average molecular weight is 368 g/mol. The number of ether oxygens (including phenoxy) is 2. The minimum Gasteiger partial charge on any atom is -0.493 e. The fourth-order valence-corrected chi connectivity index (χ4v) is 2.45. The maximum atomic E-state index is 12.2. The van der Waals surface area contributed by atoms with Gasteiger partial charge in [0.05, 0.1) is 13.7 Å². The van der Waals surface area contributed by atoms with Gasteiger partial charge in [-0.15, -0.1) is 0 Å². The number of amides is 2. The predicted octanol–water partition coefficient (Wildman–Crippen LogP) is 2.84. The molecule has 142 valence electrons. The van der Waals surface area contributed by atoms with Crippen LogP contribution in [-0.4, -0.2) is 25.5 Å². The minimum atomic E-state index is -0.886. The predicted molar refractivity (Wildman–Crippen MR) is 104 cm³/mol. The van der Waals surface area contributed by atoms with Crippen molar-refractivity contribution in [2.24, 2.45) is 5.73 Å². The molecule has 0 aliphatic rings. The van der Waals surface area contributed by atoms with Crippen LogP contribution in [0.25, 0.3) is 6.08 Å². The quantitative estimate of drug-likeness (QED) is 0.666. The lowest BCUT2D eigenvalue weighted by Crippen LogP contribution is -2.36. The lowest BCUT2D eigenvalue weighted by Gasteiger charge is -2.14. The number of rotatable bonds is 9. The van der Waals surface area contributed by atoms with Crippen molar-refractivity contribution in [2.45, 2.75) is 19.4 Å². The van der Waals surface area contributed by atoms with Crippen molar-refractivity contribution in [2.75, 3.05) is 13.7 Å². The number of nitrogens with two attached hydrogens (primary N) is 1. The summed E-state index contributed by atoms with van der Waals surface area (Å²) in [5, 5.41) is 2.61. The van der Waals surface area contributed by atoms with Crippen molar-refractivity contribution in [3.8, 4) is 11.5 Å². The van der Waals surface area contributed by atoms with Gasteiger partial charge in [0.15, 0.2) is 11.5 Å². The Kier molecular flexibility index (Phi) is 7.43. The highest BCUT2D eigenvalue weighted by molar-refractivity contribution is 5.95. The monoisotopic (exact) mass is 368 g/mol. The number of primary amides is 1. The Morgan fingerprint density at radius 2 is 1.89 bits per heavy atom. The van der Waals surface area contributed by atoms with Gasteiger partial charge < -0.3 is 20.5 Å². The zero-order chi connectivity index (χ0) is 19.6. The minimum absolute atomic E-state index is 0.423. The Hall–Kier alpha value is -3.28. The van der Waals surface area contributed by atoms with E-state index in [1.54, 1.807) is 49.6 Å². The van der Waals surface area contributed by atoms with Crippen LogP contribution in [0.15, 0.2) is 54.6 Å². The Balaban J connectivity index is 2.08. The molecule has 0 aromatic heterocycles. The van der Waals surface area contributed by atoms with E-state index in [9.17, 15) is 9.59 Å². The van der Waals surface area contributed by atoms with Crippen molar-refractivity contribution in [3.05, 3.63) is 65.7 Å². The van der Waals surface area contributed by atoms with Gasteiger partial charge in [0, 0.05) is 6.08 Å². The van der Waals surface area contributed by atoms with Crippen LogP contribution < -0.4 is 20.5 Å². The summed E-state index contributed by atoms with van der Waals surface area (Å²) in [4.78, 5) is 23.9. The van der Waals surface area contributed by atoms with Crippen LogP contribution in [0.4, 0.5) is 0 Å². The molecule has 0 fully saturated rings. The van der Waals surface area contributed by atoms with Crippen molar-refractivity contribution < 1.29 is 19.1 Å². The van der Waals surface area contributed by atoms with Gasteiger partial charge >= 0.3 is 0 Å². The zero-order valence-corrected chi connectivity index (χ0v) is 15.5. The lowest BCUT2D eigenvalue weighted by molar-refractivity contribution is -0.125. The molecule has 1 atom stereocenters. The third kappa shape index (κ3) is 5.88. The van der Waals surface area contributed by atoms with Crippen molar-refractivity contribution in [1.29, 1.82) is 0 Å². The number of carbonyl (C=O) groups is 2. The normalized spacial score (nSPS) is 11.8. The Morgan fingerprint density at radius 1 is 1.15 bits per heavy atom. The Morgan fingerprint density at radius 3 is 2.52 bits per heavy atom. The molecular formula is C21H24N2O4. The van der Waals surface area contributed by atoms with E-state index in [-0.39, 0.29) is 0 Å². The Bertz CT molecular complexity index is 803. The van der Waals surface area contributed by atoms with Gasteiger partial charge in [0.25, 0.3) is 0 Å². The summed E-state index contributed by atoms with van der Waals surface area (Å²) in [7, 11) is 1.56. The SMILES string of the molecule is CCCOc1ccc(/C=C/C(=O)NC(C(N)=O)c2ccccc2)cc1OC. The van der Waals surface area contributed by atoms with E-state index in [0.717, 1.165) is 12.0 Å². The van der Waals surface area contributed by atoms with Crippen molar-refractivity contribution in [3.63, 3.8) is 0 Å². The summed E-state index contributed by atoms with van der Waals surface area (Å²) in [6.07, 6.45) is 3.87. The van der Waals surface area contributed by atoms with E-state index < -0.39 is 17.9 Å². The van der Waals surface area contributed by atoms with Crippen molar-refractivity contribution in [1.82, 2.24) is 5.32 Å². The fourth-order valence-electron chi connectivity index (χ4n) is 2.45. The van der Waals surface area contributed by atoms with Crippen LogP contribution >= 0.6 is 0 Å². The van der Waals surface area contributed by atoms with Crippen LogP contribution in [0, 0.1) is 0 Å². The summed E-state index contributed by atoms with van der Waals surface area (Å²) in [6.45, 7) is 2.62. The number of hydrogen-bond donors (Lipinski definition) is 2. The van der Waals surface area contributed by atoms with Crippen molar-refractivity contribution >= 4 is 17.9 Å². The first-order valence-electron chi connectivity index (χ1n) is 8.68. The van der Waals surface area contributed by atoms with E-state index in [2.05, 4.69) is 5.32 Å². The molecule has 6 nitrogen and oxygen atoms in total. The highest BCUT2D eigenvalue weighted by atomic mass is 16.5. The molecule has 2 amide bonds. The molecule has 6 heteroatoms. The number of hydrogen-bond acceptors (Lipinski definition) is 4. The molecule has 2 rings (SSSR count). The van der Waals surface area contributed by atoms with Gasteiger partial charge in [0.2, 0.25) is 11.8 Å². The smallest absolute Gasteiger partial charge is 0.244 e. The third-order valence-corrected chi connectivity index (χ3v) is 3.78. The highest BCUT2D eigenvalue weighted by Crippen LogP contribution is 2.28. The van der Waals surface area contributed by atoms with Crippen LogP contribution in [-0.2, 0) is 9.59 Å². The van der Waals surface area contributed by atoms with Gasteiger partial charge in [-0.25, -0.2) is 0 Å². The van der Waals surface area contributed by atoms with Gasteiger partial charge in [-0.1, -0.05) is 43.3 Å². The van der Waals surface area contributed by atoms with Gasteiger partial charge in [0.1, 0.15) is 6.04 Å². The van der Waals surface area contributed by atoms with E-state index in [1.165, 1.54) is 6.08 Å². The standard InChI is InChI=1S/C21H24N2O4/c1-3-13-27-17-11-9-15(14-18(17)26-2)10-12-19(24)23-20(21(22)25)16-7-5-4-6-8-16/h4-12,14,20H,3,13H2,1-2H3,(H2,22,25)(H,23,24)/b12-10+. The van der Waals surface area contributed by atoms with Crippen LogP contribution in [0.5, 0.6) is 11.5 Å². The van der Waals surface area contributed by atoms with E-state index in [4.69, 9.17) is 15.2 Å². The van der Waals surface area contributed by atoms with Gasteiger partial charge in [-0.2, -0.15) is 0 Å². The molecular weight excluding hydrogens is 344 g/mol. The molecule has 2 aromatic carbocycles. The lowest BCUT2D eigenvalue weighted by atomic mass is 10.1. The van der Waals surface area contributed by atoms with Crippen LogP contribution in [0.1, 0.15) is 30.5 Å². The summed E-state index contributed by atoms with van der Waals surface area (Å²) in [5.74, 6) is 0.194. The van der Waals surface area contributed by atoms with Gasteiger partial charge in [-0.3, -0.25) is 9.59 Å². The maximum Gasteiger partial charge on any atom is 0.244 e. The molecule has 1 unspecified atom stereocenters. The summed E-state index contributed by atoms with van der Waals surface area (Å²) >= 11 is 0. The Labute approximate surface area is 159 Å². The first-order chi connectivity index (χ1) is 13.0. The maximum absolute atomic E-state index is 12.2. The fraction of sp³-hybridized carbons (Fsp3) is 0.238. The van der Waals surface area contributed by atoms with Crippen LogP contribution in [0.2, 0.25) is 0 Å². The number of nitrogens with one attached hydrogen (secondary N) is 1. The molecule has 0 radical (unpaired) electrons. The molecule has 0 aliphatic carbocycles. The van der Waals surface area contributed by atoms with Crippen LogP contribution in [0.3, 0.4) is 0 Å². The molecule has 27 heavy (non-hydrogen) atoms. The molecule has 3 N–H and O–H groups in total. The molecule has 0 saturated carbocycles. The summed E-state index contributed by atoms with van der Waals surface area (Å²) in [5.41, 5.74) is 6.81. The van der Waals surface area contributed by atoms with E-state index in [0.29, 0.717) is 23.7 Å². The molecule has 0 saturated heterocycles. The number of carbonyl (C=O) groups excluding carboxylic acids is 2. The van der Waals surface area contributed by atoms with Gasteiger partial charge in [-0.05, 0) is 35.8 Å². The molecule has 0 heterocycles. The van der Waals surface area contributed by atoms with E-state index in [1.807, 2.05) is 19.1 Å². The molecule has 0 aliphatic heterocycles. The first-order valence-corrected chi connectivity index (χ1v) is 8.68. The molecule has 0 bridgehead atoms. The second-order valence-electron chi connectivity index (χ2n) is 5.85. The molecule has 2 aromatic rings. The molecule has 0 spiro atoms. The zero-order valence-electron chi connectivity index (χ0n) is 15.5. The number of methoxy groups -OCH3 is 1. The largest absolute Gasteiger partial charge is 0.493 e. The second kappa shape index (κ2) is 10.0.